The molecule has 2 aromatic heterocycles. The maximum absolute atomic E-state index is 14.9. The summed E-state index contributed by atoms with van der Waals surface area (Å²) in [6.07, 6.45) is 3.26. The maximum atomic E-state index is 14.9. The SMILES string of the molecule is CC(C)C(=O)c1cn(Cc2c(F)cccc2F)c2sc(-c3ccc(NC(=O)C4CC4)cc3)c(CN(C)Cc3ccccc3)c2c1=O.Cl. The molecule has 5 aromatic rings. The Bertz CT molecular complexity index is 1970. The highest BCUT2D eigenvalue weighted by molar-refractivity contribution is 7.22. The van der Waals surface area contributed by atoms with E-state index in [4.69, 9.17) is 0 Å². The summed E-state index contributed by atoms with van der Waals surface area (Å²) < 4.78 is 31.4. The molecule has 3 aromatic carbocycles. The molecule has 0 radical (unpaired) electrons. The van der Waals surface area contributed by atoms with Gasteiger partial charge in [-0.2, -0.15) is 0 Å². The number of hydrogen-bond acceptors (Lipinski definition) is 5. The number of benzene rings is 3. The van der Waals surface area contributed by atoms with E-state index in [0.717, 1.165) is 34.4 Å². The van der Waals surface area contributed by atoms with Crippen molar-refractivity contribution in [1.29, 1.82) is 0 Å². The van der Waals surface area contributed by atoms with Gasteiger partial charge < -0.3 is 9.88 Å². The molecule has 2 heterocycles. The highest BCUT2D eigenvalue weighted by Crippen LogP contribution is 2.40. The predicted octanol–water partition coefficient (Wildman–Crippen LogP) is 8.30. The number of halogens is 3. The van der Waals surface area contributed by atoms with Gasteiger partial charge in [0.25, 0.3) is 0 Å². The van der Waals surface area contributed by atoms with Crippen molar-refractivity contribution < 1.29 is 18.4 Å². The van der Waals surface area contributed by atoms with Crippen LogP contribution in [0.3, 0.4) is 0 Å². The Hall–Kier alpha value is -4.18. The van der Waals surface area contributed by atoms with E-state index in [-0.39, 0.29) is 47.7 Å². The average Bonchev–Trinajstić information content (AvgIpc) is 3.82. The van der Waals surface area contributed by atoms with Crippen LogP contribution >= 0.6 is 23.7 Å². The van der Waals surface area contributed by atoms with Gasteiger partial charge >= 0.3 is 0 Å². The van der Waals surface area contributed by atoms with E-state index in [0.29, 0.717) is 29.0 Å². The van der Waals surface area contributed by atoms with E-state index in [1.807, 2.05) is 61.6 Å². The summed E-state index contributed by atoms with van der Waals surface area (Å²) in [4.78, 5) is 43.4. The maximum Gasteiger partial charge on any atom is 0.227 e. The summed E-state index contributed by atoms with van der Waals surface area (Å²) in [5.41, 5.74) is 2.80. The van der Waals surface area contributed by atoms with Crippen molar-refractivity contribution in [3.05, 3.63) is 123 Å². The third-order valence-electron chi connectivity index (χ3n) is 8.27. The van der Waals surface area contributed by atoms with Gasteiger partial charge in [0, 0.05) is 47.3 Å². The first-order chi connectivity index (χ1) is 22.1. The molecule has 1 aliphatic carbocycles. The van der Waals surface area contributed by atoms with Gasteiger partial charge in [-0.15, -0.1) is 23.7 Å². The summed E-state index contributed by atoms with van der Waals surface area (Å²) in [5.74, 6) is -2.11. The predicted molar refractivity (Wildman–Crippen MR) is 186 cm³/mol. The molecule has 1 aliphatic rings. The number of Topliss-reactive ketones (excluding diaryl/α,β-unsaturated/α-hetero) is 1. The third kappa shape index (κ3) is 7.38. The molecule has 10 heteroatoms. The summed E-state index contributed by atoms with van der Waals surface area (Å²) in [6.45, 7) is 4.25. The van der Waals surface area contributed by atoms with Gasteiger partial charge in [0.15, 0.2) is 5.78 Å². The fraction of sp³-hybridized carbons (Fsp3) is 0.270. The van der Waals surface area contributed by atoms with Gasteiger partial charge in [-0.3, -0.25) is 19.3 Å². The van der Waals surface area contributed by atoms with Crippen LogP contribution in [0, 0.1) is 23.5 Å². The number of hydrogen-bond donors (Lipinski definition) is 1. The van der Waals surface area contributed by atoms with Crippen molar-refractivity contribution >= 4 is 51.3 Å². The lowest BCUT2D eigenvalue weighted by atomic mass is 9.99. The molecule has 0 aliphatic heterocycles. The van der Waals surface area contributed by atoms with E-state index in [1.54, 1.807) is 18.4 Å². The molecular formula is C37H36ClF2N3O3S. The first kappa shape index (κ1) is 34.2. The molecule has 1 saturated carbocycles. The summed E-state index contributed by atoms with van der Waals surface area (Å²) in [5, 5.41) is 3.33. The van der Waals surface area contributed by atoms with Crippen LogP contribution in [0.25, 0.3) is 20.7 Å². The first-order valence-electron chi connectivity index (χ1n) is 15.4. The Kier molecular flexibility index (Phi) is 10.4. The third-order valence-corrected chi connectivity index (χ3v) is 9.59. The standard InChI is InChI=1S/C37H35F2N3O3S.ClH/c1-22(2)33(43)29-21-42(20-27-30(38)10-7-11-31(27)39)37-32(34(29)44)28(19-41(3)18-23-8-5-4-6-9-23)35(46-37)24-14-16-26(17-15-24)40-36(45)25-12-13-25;/h4-11,14-17,21-22,25H,12-13,18-20H2,1-3H3,(H,40,45);1H. The van der Waals surface area contributed by atoms with Crippen molar-refractivity contribution in [3.8, 4) is 10.4 Å². The number of fused-ring (bicyclic) bond motifs is 1. The number of nitrogens with zero attached hydrogens (tertiary/aromatic N) is 2. The number of rotatable bonds is 11. The minimum absolute atomic E-state index is 0. The van der Waals surface area contributed by atoms with Crippen molar-refractivity contribution in [3.63, 3.8) is 0 Å². The Labute approximate surface area is 282 Å². The summed E-state index contributed by atoms with van der Waals surface area (Å²) >= 11 is 1.35. The zero-order chi connectivity index (χ0) is 32.5. The van der Waals surface area contributed by atoms with E-state index in [1.165, 1.54) is 35.7 Å². The van der Waals surface area contributed by atoms with Crippen LogP contribution in [0.5, 0.6) is 0 Å². The molecule has 6 rings (SSSR count). The number of pyridine rings is 1. The molecule has 0 atom stereocenters. The molecule has 0 saturated heterocycles. The van der Waals surface area contributed by atoms with Gasteiger partial charge in [-0.1, -0.05) is 62.4 Å². The second-order valence-electron chi connectivity index (χ2n) is 12.3. The molecular weight excluding hydrogens is 640 g/mol. The van der Waals surface area contributed by atoms with Crippen LogP contribution in [-0.4, -0.2) is 28.2 Å². The van der Waals surface area contributed by atoms with E-state index in [9.17, 15) is 23.2 Å². The Morgan fingerprint density at radius 2 is 1.60 bits per heavy atom. The number of carbonyl (C=O) groups excluding carboxylic acids is 2. The van der Waals surface area contributed by atoms with Crippen LogP contribution in [-0.2, 0) is 24.4 Å². The second kappa shape index (κ2) is 14.3. The molecule has 1 amide bonds. The minimum atomic E-state index is -0.702. The zero-order valence-electron chi connectivity index (χ0n) is 26.4. The lowest BCUT2D eigenvalue weighted by Crippen LogP contribution is -2.24. The van der Waals surface area contributed by atoms with Crippen LogP contribution in [0.2, 0.25) is 0 Å². The van der Waals surface area contributed by atoms with Crippen molar-refractivity contribution in [2.75, 3.05) is 12.4 Å². The highest BCUT2D eigenvalue weighted by Gasteiger charge is 2.30. The first-order valence-corrected chi connectivity index (χ1v) is 16.2. The molecule has 1 N–H and O–H groups in total. The molecule has 47 heavy (non-hydrogen) atoms. The van der Waals surface area contributed by atoms with Gasteiger partial charge in [0.1, 0.15) is 16.5 Å². The Morgan fingerprint density at radius 3 is 2.21 bits per heavy atom. The quantitative estimate of drug-likeness (QED) is 0.143. The van der Waals surface area contributed by atoms with Crippen LogP contribution in [0.1, 0.15) is 53.7 Å². The molecule has 0 unspecified atom stereocenters. The molecule has 0 bridgehead atoms. The fourth-order valence-corrected chi connectivity index (χ4v) is 6.94. The number of ketones is 1. The molecule has 1 fully saturated rings. The van der Waals surface area contributed by atoms with Crippen molar-refractivity contribution in [2.24, 2.45) is 11.8 Å². The minimum Gasteiger partial charge on any atom is -0.334 e. The van der Waals surface area contributed by atoms with Gasteiger partial charge in [-0.25, -0.2) is 8.78 Å². The second-order valence-corrected chi connectivity index (χ2v) is 13.3. The normalized spacial score (nSPS) is 12.8. The summed E-state index contributed by atoms with van der Waals surface area (Å²) in [6, 6.07) is 21.2. The van der Waals surface area contributed by atoms with Gasteiger partial charge in [0.05, 0.1) is 17.5 Å². The lowest BCUT2D eigenvalue weighted by molar-refractivity contribution is -0.117. The smallest absolute Gasteiger partial charge is 0.227 e. The lowest BCUT2D eigenvalue weighted by Gasteiger charge is -2.18. The largest absolute Gasteiger partial charge is 0.334 e. The number of aromatic nitrogens is 1. The molecule has 244 valence electrons. The average molecular weight is 676 g/mol. The highest BCUT2D eigenvalue weighted by atomic mass is 35.5. The van der Waals surface area contributed by atoms with Gasteiger partial charge in [0.2, 0.25) is 11.3 Å². The van der Waals surface area contributed by atoms with Crippen LogP contribution < -0.4 is 10.7 Å². The Balaban J connectivity index is 0.00000433. The fourth-order valence-electron chi connectivity index (χ4n) is 5.65. The summed E-state index contributed by atoms with van der Waals surface area (Å²) in [7, 11) is 1.97. The van der Waals surface area contributed by atoms with Crippen LogP contribution in [0.4, 0.5) is 14.5 Å². The molecule has 0 spiro atoms. The monoisotopic (exact) mass is 675 g/mol. The van der Waals surface area contributed by atoms with Gasteiger partial charge in [-0.05, 0) is 60.8 Å². The Morgan fingerprint density at radius 1 is 0.936 bits per heavy atom. The number of carbonyl (C=O) groups is 2. The zero-order valence-corrected chi connectivity index (χ0v) is 28.0. The van der Waals surface area contributed by atoms with Crippen molar-refractivity contribution in [2.45, 2.75) is 46.3 Å². The van der Waals surface area contributed by atoms with Crippen molar-refractivity contribution in [1.82, 2.24) is 9.47 Å². The van der Waals surface area contributed by atoms with E-state index in [2.05, 4.69) is 10.2 Å². The van der Waals surface area contributed by atoms with E-state index >= 15 is 0 Å². The number of anilines is 1. The van der Waals surface area contributed by atoms with E-state index < -0.39 is 23.0 Å². The van der Waals surface area contributed by atoms with Crippen LogP contribution in [0.15, 0.2) is 83.8 Å². The number of thiophene rings is 1. The molecule has 6 nitrogen and oxygen atoms in total. The number of amides is 1. The number of nitrogens with one attached hydrogen (secondary N) is 1. The topological polar surface area (TPSA) is 71.4 Å².